The molecule has 0 radical (unpaired) electrons. The summed E-state index contributed by atoms with van der Waals surface area (Å²) in [6, 6.07) is 45.7. The normalized spacial score (nSPS) is 11.8. The molecule has 0 fully saturated rings. The SMILES string of the molecule is O=c1oc2cc3ccccc3cc2cc1-c1cc(-c2cc3cc4ccccc4cc3oc2=O)cc(-c2cc3cc4ccccc4cc3oc2=O)c1. The highest BCUT2D eigenvalue weighted by Gasteiger charge is 2.18. The van der Waals surface area contributed by atoms with E-state index in [4.69, 9.17) is 13.3 Å². The van der Waals surface area contributed by atoms with Crippen molar-refractivity contribution in [1.82, 2.24) is 0 Å². The monoisotopic (exact) mass is 660 g/mol. The number of benzene rings is 7. The summed E-state index contributed by atoms with van der Waals surface area (Å²) in [5.41, 5.74) is 2.03. The molecule has 0 saturated heterocycles. The van der Waals surface area contributed by atoms with Crippen molar-refractivity contribution in [3.05, 3.63) is 177 Å². The number of hydrogen-bond acceptors (Lipinski definition) is 6. The van der Waals surface area contributed by atoms with Gasteiger partial charge in [0, 0.05) is 16.2 Å². The van der Waals surface area contributed by atoms with E-state index in [0.29, 0.717) is 33.4 Å². The summed E-state index contributed by atoms with van der Waals surface area (Å²) in [4.78, 5) is 41.0. The van der Waals surface area contributed by atoms with Crippen LogP contribution in [0, 0.1) is 0 Å². The van der Waals surface area contributed by atoms with Gasteiger partial charge in [0.15, 0.2) is 0 Å². The van der Waals surface area contributed by atoms with Gasteiger partial charge in [0.25, 0.3) is 0 Å². The van der Waals surface area contributed by atoms with Crippen molar-refractivity contribution in [2.24, 2.45) is 0 Å². The number of hydrogen-bond donors (Lipinski definition) is 0. The van der Waals surface area contributed by atoms with Gasteiger partial charge in [-0.15, -0.1) is 0 Å². The van der Waals surface area contributed by atoms with Crippen LogP contribution in [0.4, 0.5) is 0 Å². The van der Waals surface area contributed by atoms with Gasteiger partial charge in [0.1, 0.15) is 16.7 Å². The van der Waals surface area contributed by atoms with Gasteiger partial charge in [0.05, 0.1) is 16.7 Å². The zero-order chi connectivity index (χ0) is 34.2. The Labute approximate surface area is 288 Å². The van der Waals surface area contributed by atoms with Crippen molar-refractivity contribution in [2.75, 3.05) is 0 Å². The lowest BCUT2D eigenvalue weighted by Gasteiger charge is -2.11. The first kappa shape index (κ1) is 28.9. The Morgan fingerprint density at radius 2 is 0.529 bits per heavy atom. The van der Waals surface area contributed by atoms with Crippen LogP contribution < -0.4 is 16.9 Å². The zero-order valence-electron chi connectivity index (χ0n) is 26.8. The Morgan fingerprint density at radius 1 is 0.275 bits per heavy atom. The molecule has 0 atom stereocenters. The Bertz CT molecular complexity index is 2910. The molecular weight excluding hydrogens is 636 g/mol. The van der Waals surface area contributed by atoms with Crippen molar-refractivity contribution in [1.29, 1.82) is 0 Å². The molecule has 0 aliphatic carbocycles. The summed E-state index contributed by atoms with van der Waals surface area (Å²) in [6.45, 7) is 0. The molecule has 0 bridgehead atoms. The van der Waals surface area contributed by atoms with Gasteiger partial charge < -0.3 is 13.3 Å². The summed E-state index contributed by atoms with van der Waals surface area (Å²) >= 11 is 0. The molecule has 3 heterocycles. The van der Waals surface area contributed by atoms with E-state index in [-0.39, 0.29) is 16.7 Å². The van der Waals surface area contributed by atoms with Crippen molar-refractivity contribution in [3.8, 4) is 33.4 Å². The van der Waals surface area contributed by atoms with Gasteiger partial charge in [-0.25, -0.2) is 14.4 Å². The molecule has 240 valence electrons. The lowest BCUT2D eigenvalue weighted by atomic mass is 9.93. The zero-order valence-corrected chi connectivity index (χ0v) is 26.8. The maximum atomic E-state index is 13.7. The van der Waals surface area contributed by atoms with Gasteiger partial charge in [-0.05, 0) is 122 Å². The maximum Gasteiger partial charge on any atom is 0.344 e. The average Bonchev–Trinajstić information content (AvgIpc) is 3.14. The topological polar surface area (TPSA) is 90.6 Å². The highest BCUT2D eigenvalue weighted by molar-refractivity contribution is 6.00. The van der Waals surface area contributed by atoms with Gasteiger partial charge in [-0.2, -0.15) is 0 Å². The van der Waals surface area contributed by atoms with Gasteiger partial charge in [-0.1, -0.05) is 72.8 Å². The molecular formula is C45H24O6. The van der Waals surface area contributed by atoms with E-state index in [0.717, 1.165) is 48.5 Å². The van der Waals surface area contributed by atoms with E-state index < -0.39 is 16.9 Å². The van der Waals surface area contributed by atoms with Crippen molar-refractivity contribution in [3.63, 3.8) is 0 Å². The third kappa shape index (κ3) is 4.84. The minimum Gasteiger partial charge on any atom is -0.422 e. The van der Waals surface area contributed by atoms with Crippen molar-refractivity contribution >= 4 is 65.2 Å². The van der Waals surface area contributed by atoms with Gasteiger partial charge >= 0.3 is 16.9 Å². The minimum atomic E-state index is -0.546. The van der Waals surface area contributed by atoms with Crippen LogP contribution in [0.15, 0.2) is 173 Å². The van der Waals surface area contributed by atoms with Gasteiger partial charge in [0.2, 0.25) is 0 Å². The molecule has 0 saturated carbocycles. The summed E-state index contributed by atoms with van der Waals surface area (Å²) < 4.78 is 17.6. The smallest absolute Gasteiger partial charge is 0.344 e. The molecule has 0 N–H and O–H groups in total. The first-order chi connectivity index (χ1) is 24.9. The Hall–Kier alpha value is -7.05. The Balaban J connectivity index is 1.23. The summed E-state index contributed by atoms with van der Waals surface area (Å²) in [5.74, 6) is 0. The number of rotatable bonds is 3. The van der Waals surface area contributed by atoms with Crippen LogP contribution in [0.1, 0.15) is 0 Å². The predicted molar refractivity (Wildman–Crippen MR) is 203 cm³/mol. The van der Waals surface area contributed by atoms with E-state index in [1.54, 1.807) is 36.4 Å². The summed E-state index contributed by atoms with van der Waals surface area (Å²) in [6.07, 6.45) is 0. The summed E-state index contributed by atoms with van der Waals surface area (Å²) in [7, 11) is 0. The van der Waals surface area contributed by atoms with Crippen LogP contribution in [-0.4, -0.2) is 0 Å². The van der Waals surface area contributed by atoms with Crippen molar-refractivity contribution < 1.29 is 13.3 Å². The van der Waals surface area contributed by atoms with Crippen LogP contribution >= 0.6 is 0 Å². The van der Waals surface area contributed by atoms with E-state index in [2.05, 4.69) is 0 Å². The van der Waals surface area contributed by atoms with Crippen LogP contribution in [0.25, 0.3) is 98.6 Å². The third-order valence-electron chi connectivity index (χ3n) is 9.67. The molecule has 0 amide bonds. The fourth-order valence-corrected chi connectivity index (χ4v) is 7.12. The molecule has 6 nitrogen and oxygen atoms in total. The second-order valence-electron chi connectivity index (χ2n) is 12.9. The minimum absolute atomic E-state index is 0.285. The highest BCUT2D eigenvalue weighted by Crippen LogP contribution is 2.35. The van der Waals surface area contributed by atoms with E-state index in [1.807, 2.05) is 109 Å². The Kier molecular flexibility index (Phi) is 6.23. The largest absolute Gasteiger partial charge is 0.422 e. The molecule has 7 aromatic carbocycles. The van der Waals surface area contributed by atoms with E-state index >= 15 is 0 Å². The molecule has 6 heteroatoms. The Morgan fingerprint density at radius 3 is 0.804 bits per heavy atom. The maximum absolute atomic E-state index is 13.7. The van der Waals surface area contributed by atoms with Crippen LogP contribution in [0.2, 0.25) is 0 Å². The molecule has 0 unspecified atom stereocenters. The predicted octanol–water partition coefficient (Wildman–Crippen LogP) is 10.5. The first-order valence-electron chi connectivity index (χ1n) is 16.5. The molecule has 10 rings (SSSR count). The van der Waals surface area contributed by atoms with Crippen LogP contribution in [0.3, 0.4) is 0 Å². The summed E-state index contributed by atoms with van der Waals surface area (Å²) in [5, 5.41) is 8.09. The van der Waals surface area contributed by atoms with E-state index in [9.17, 15) is 14.4 Å². The molecule has 51 heavy (non-hydrogen) atoms. The second kappa shape index (κ2) is 11.0. The fourth-order valence-electron chi connectivity index (χ4n) is 7.12. The molecule has 0 aliphatic heterocycles. The molecule has 10 aromatic rings. The number of fused-ring (bicyclic) bond motifs is 6. The molecule has 0 spiro atoms. The second-order valence-corrected chi connectivity index (χ2v) is 12.9. The van der Waals surface area contributed by atoms with Crippen molar-refractivity contribution in [2.45, 2.75) is 0 Å². The lowest BCUT2D eigenvalue weighted by Crippen LogP contribution is -2.07. The standard InChI is InChI=1S/C45H24O6/c46-43-37(19-34-13-25-7-1-4-10-28(25)22-40(34)49-43)31-16-32(38-20-35-14-26-8-2-5-11-29(26)23-41(35)50-44(38)47)18-33(17-31)39-21-36-15-27-9-3-6-12-30(27)24-42(36)51-45(39)48/h1-24H. The molecule has 3 aromatic heterocycles. The fraction of sp³-hybridized carbons (Fsp3) is 0. The van der Waals surface area contributed by atoms with E-state index in [1.165, 1.54) is 0 Å². The lowest BCUT2D eigenvalue weighted by molar-refractivity contribution is 0.564. The van der Waals surface area contributed by atoms with Crippen LogP contribution in [0.5, 0.6) is 0 Å². The quantitative estimate of drug-likeness (QED) is 0.138. The highest BCUT2D eigenvalue weighted by atomic mass is 16.4. The van der Waals surface area contributed by atoms with Crippen LogP contribution in [-0.2, 0) is 0 Å². The molecule has 0 aliphatic rings. The van der Waals surface area contributed by atoms with Gasteiger partial charge in [-0.3, -0.25) is 0 Å². The third-order valence-corrected chi connectivity index (χ3v) is 9.67. The first-order valence-corrected chi connectivity index (χ1v) is 16.5. The average molecular weight is 661 g/mol.